The Balaban J connectivity index is 2.16. The number of furan rings is 1. The molecular weight excluding hydrogens is 343 g/mol. The van der Waals surface area contributed by atoms with Gasteiger partial charge in [-0.25, -0.2) is 0 Å². The van der Waals surface area contributed by atoms with Crippen molar-refractivity contribution in [2.24, 2.45) is 5.92 Å². The fourth-order valence-electron chi connectivity index (χ4n) is 1.91. The Morgan fingerprint density at radius 3 is 2.56 bits per heavy atom. The number of halogens is 3. The summed E-state index contributed by atoms with van der Waals surface area (Å²) in [5.74, 6) is -3.15. The van der Waals surface area contributed by atoms with Crippen LogP contribution in [0.15, 0.2) is 40.8 Å². The summed E-state index contributed by atoms with van der Waals surface area (Å²) in [4.78, 5) is 22.6. The predicted molar refractivity (Wildman–Crippen MR) is 80.0 cm³/mol. The minimum absolute atomic E-state index is 0.0104. The van der Waals surface area contributed by atoms with Crippen LogP contribution in [0.4, 0.5) is 13.2 Å². The molecule has 1 aromatic carbocycles. The number of carbonyl (C=O) groups excluding carboxylic acids is 1. The van der Waals surface area contributed by atoms with Gasteiger partial charge in [0, 0.05) is 6.54 Å². The lowest BCUT2D eigenvalue weighted by molar-refractivity contribution is -0.274. The zero-order valence-electron chi connectivity index (χ0n) is 13.0. The molecule has 6 nitrogen and oxygen atoms in total. The Hall–Kier alpha value is -2.97. The molecule has 0 aliphatic rings. The number of aliphatic carboxylic acids is 1. The summed E-state index contributed by atoms with van der Waals surface area (Å²) in [5.41, 5.74) is 0.0257. The third-order valence-electron chi connectivity index (χ3n) is 3.20. The van der Waals surface area contributed by atoms with Crippen LogP contribution < -0.4 is 10.1 Å². The van der Waals surface area contributed by atoms with Gasteiger partial charge in [-0.15, -0.1) is 13.2 Å². The molecule has 0 saturated carbocycles. The lowest BCUT2D eigenvalue weighted by atomic mass is 10.1. The SMILES string of the molecule is CC(CNC(=O)c1ccc(-c2ccccc2OC(F)(F)F)o1)C(=O)O. The van der Waals surface area contributed by atoms with E-state index in [-0.39, 0.29) is 23.6 Å². The standard InChI is InChI=1S/C16H14F3NO5/c1-9(15(22)23)8-20-14(21)13-7-6-11(24-13)10-4-2-3-5-12(10)25-16(17,18)19/h2-7,9H,8H2,1H3,(H,20,21)(H,22,23). The smallest absolute Gasteiger partial charge is 0.481 e. The first-order valence-corrected chi connectivity index (χ1v) is 7.13. The van der Waals surface area contributed by atoms with Crippen molar-refractivity contribution in [2.75, 3.05) is 6.54 Å². The van der Waals surface area contributed by atoms with Crippen LogP contribution in [0.5, 0.6) is 5.75 Å². The summed E-state index contributed by atoms with van der Waals surface area (Å²) in [6.45, 7) is 1.30. The molecule has 0 spiro atoms. The number of hydrogen-bond acceptors (Lipinski definition) is 4. The van der Waals surface area contributed by atoms with Crippen molar-refractivity contribution in [3.8, 4) is 17.1 Å². The molecule has 134 valence electrons. The van der Waals surface area contributed by atoms with Gasteiger partial charge >= 0.3 is 12.3 Å². The quantitative estimate of drug-likeness (QED) is 0.828. The molecule has 25 heavy (non-hydrogen) atoms. The van der Waals surface area contributed by atoms with Gasteiger partial charge in [0.15, 0.2) is 5.76 Å². The highest BCUT2D eigenvalue weighted by atomic mass is 19.4. The third-order valence-corrected chi connectivity index (χ3v) is 3.20. The monoisotopic (exact) mass is 357 g/mol. The Kier molecular flexibility index (Phi) is 5.35. The number of amides is 1. The van der Waals surface area contributed by atoms with Crippen molar-refractivity contribution in [3.63, 3.8) is 0 Å². The van der Waals surface area contributed by atoms with Gasteiger partial charge in [0.2, 0.25) is 0 Å². The zero-order valence-corrected chi connectivity index (χ0v) is 13.0. The second-order valence-electron chi connectivity index (χ2n) is 5.16. The van der Waals surface area contributed by atoms with Gasteiger partial charge in [0.05, 0.1) is 11.5 Å². The molecule has 0 radical (unpaired) electrons. The Morgan fingerprint density at radius 1 is 1.24 bits per heavy atom. The van der Waals surface area contributed by atoms with Crippen molar-refractivity contribution >= 4 is 11.9 Å². The lowest BCUT2D eigenvalue weighted by Gasteiger charge is -2.11. The summed E-state index contributed by atoms with van der Waals surface area (Å²) in [5, 5.41) is 11.1. The van der Waals surface area contributed by atoms with Crippen LogP contribution in [0.3, 0.4) is 0 Å². The van der Waals surface area contributed by atoms with Crippen LogP contribution in [0, 0.1) is 5.92 Å². The largest absolute Gasteiger partial charge is 0.573 e. The first-order chi connectivity index (χ1) is 11.7. The van der Waals surface area contributed by atoms with Crippen molar-refractivity contribution in [1.82, 2.24) is 5.32 Å². The van der Waals surface area contributed by atoms with Gasteiger partial charge in [0.1, 0.15) is 11.5 Å². The van der Waals surface area contributed by atoms with E-state index in [1.165, 1.54) is 37.3 Å². The number of carboxylic acid groups (broad SMARTS) is 1. The highest BCUT2D eigenvalue weighted by Gasteiger charge is 2.32. The zero-order chi connectivity index (χ0) is 18.6. The minimum atomic E-state index is -4.87. The normalized spacial score (nSPS) is 12.5. The number of rotatable bonds is 6. The van der Waals surface area contributed by atoms with Crippen molar-refractivity contribution in [2.45, 2.75) is 13.3 Å². The highest BCUT2D eigenvalue weighted by molar-refractivity contribution is 5.92. The van der Waals surface area contributed by atoms with Gasteiger partial charge in [-0.2, -0.15) is 0 Å². The molecule has 1 heterocycles. The summed E-state index contributed by atoms with van der Waals surface area (Å²) in [7, 11) is 0. The van der Waals surface area contributed by atoms with Crippen molar-refractivity contribution in [1.29, 1.82) is 0 Å². The molecule has 0 saturated heterocycles. The van der Waals surface area contributed by atoms with E-state index in [9.17, 15) is 22.8 Å². The molecule has 0 aliphatic carbocycles. The molecule has 0 fully saturated rings. The molecular formula is C16H14F3NO5. The van der Waals surface area contributed by atoms with Gasteiger partial charge in [-0.1, -0.05) is 19.1 Å². The molecule has 0 bridgehead atoms. The first-order valence-electron chi connectivity index (χ1n) is 7.13. The Bertz CT molecular complexity index is 769. The maximum atomic E-state index is 12.4. The number of carboxylic acids is 1. The van der Waals surface area contributed by atoms with Crippen LogP contribution in [0.25, 0.3) is 11.3 Å². The van der Waals surface area contributed by atoms with Crippen molar-refractivity contribution in [3.05, 3.63) is 42.2 Å². The average molecular weight is 357 g/mol. The fraction of sp³-hybridized carbons (Fsp3) is 0.250. The summed E-state index contributed by atoms with van der Waals surface area (Å²) in [6.07, 6.45) is -4.87. The maximum Gasteiger partial charge on any atom is 0.573 e. The highest BCUT2D eigenvalue weighted by Crippen LogP contribution is 2.34. The number of nitrogens with one attached hydrogen (secondary N) is 1. The second kappa shape index (κ2) is 7.29. The number of benzene rings is 1. The molecule has 1 amide bonds. The van der Waals surface area contributed by atoms with E-state index < -0.39 is 29.9 Å². The maximum absolute atomic E-state index is 12.4. The number of ether oxygens (including phenoxy) is 1. The number of para-hydroxylation sites is 1. The van der Waals surface area contributed by atoms with E-state index in [1.54, 1.807) is 0 Å². The number of alkyl halides is 3. The minimum Gasteiger partial charge on any atom is -0.481 e. The van der Waals surface area contributed by atoms with Crippen LogP contribution >= 0.6 is 0 Å². The Labute approximate surface area is 140 Å². The number of hydrogen-bond donors (Lipinski definition) is 2. The molecule has 0 aliphatic heterocycles. The van der Waals surface area contributed by atoms with Crippen molar-refractivity contribution < 1.29 is 37.0 Å². The van der Waals surface area contributed by atoms with E-state index in [1.807, 2.05) is 0 Å². The predicted octanol–water partition coefficient (Wildman–Crippen LogP) is 3.30. The third kappa shape index (κ3) is 5.00. The van der Waals surface area contributed by atoms with Gasteiger partial charge in [0.25, 0.3) is 5.91 Å². The second-order valence-corrected chi connectivity index (χ2v) is 5.16. The molecule has 2 N–H and O–H groups in total. The number of carbonyl (C=O) groups is 2. The van der Waals surface area contributed by atoms with E-state index in [2.05, 4.69) is 10.1 Å². The molecule has 9 heteroatoms. The fourth-order valence-corrected chi connectivity index (χ4v) is 1.91. The molecule has 1 atom stereocenters. The first kappa shape index (κ1) is 18.4. The summed E-state index contributed by atoms with van der Waals surface area (Å²) >= 11 is 0. The molecule has 2 aromatic rings. The van der Waals surface area contributed by atoms with E-state index in [0.29, 0.717) is 0 Å². The van der Waals surface area contributed by atoms with Gasteiger partial charge < -0.3 is 19.6 Å². The van der Waals surface area contributed by atoms with Crippen LogP contribution in [0.1, 0.15) is 17.5 Å². The topological polar surface area (TPSA) is 88.8 Å². The van der Waals surface area contributed by atoms with E-state index >= 15 is 0 Å². The van der Waals surface area contributed by atoms with E-state index in [0.717, 1.165) is 6.07 Å². The average Bonchev–Trinajstić information content (AvgIpc) is 3.01. The van der Waals surface area contributed by atoms with Crippen LogP contribution in [-0.2, 0) is 4.79 Å². The van der Waals surface area contributed by atoms with Gasteiger partial charge in [-0.3, -0.25) is 9.59 Å². The summed E-state index contributed by atoms with van der Waals surface area (Å²) < 4.78 is 46.5. The Morgan fingerprint density at radius 2 is 1.92 bits per heavy atom. The lowest BCUT2D eigenvalue weighted by Crippen LogP contribution is -2.31. The molecule has 1 aromatic heterocycles. The van der Waals surface area contributed by atoms with E-state index in [4.69, 9.17) is 9.52 Å². The van der Waals surface area contributed by atoms with Crippen LogP contribution in [-0.4, -0.2) is 29.9 Å². The van der Waals surface area contributed by atoms with Crippen LogP contribution in [0.2, 0.25) is 0 Å². The van der Waals surface area contributed by atoms with Gasteiger partial charge in [-0.05, 0) is 24.3 Å². The molecule has 2 rings (SSSR count). The molecule has 1 unspecified atom stereocenters. The summed E-state index contributed by atoms with van der Waals surface area (Å²) in [6, 6.07) is 7.95.